The molecule has 0 spiro atoms. The lowest BCUT2D eigenvalue weighted by Gasteiger charge is -2.27. The molecule has 0 radical (unpaired) electrons. The van der Waals surface area contributed by atoms with Crippen molar-refractivity contribution in [1.82, 2.24) is 9.97 Å². The minimum atomic E-state index is 0.444. The Hall–Kier alpha value is -0.640. The number of hydrogen-bond donors (Lipinski definition) is 0. The maximum atomic E-state index is 4.36. The molecule has 0 saturated heterocycles. The monoisotopic (exact) mass is 285 g/mol. The zero-order valence-corrected chi connectivity index (χ0v) is 12.0. The SMILES string of the molecule is CC(C)c1cc(N(CCBr)C(C)C)ncn1. The van der Waals surface area contributed by atoms with Crippen LogP contribution in [0.5, 0.6) is 0 Å². The average molecular weight is 286 g/mol. The lowest BCUT2D eigenvalue weighted by atomic mass is 10.1. The molecule has 3 nitrogen and oxygen atoms in total. The van der Waals surface area contributed by atoms with Gasteiger partial charge in [-0.05, 0) is 19.8 Å². The molecule has 0 N–H and O–H groups in total. The smallest absolute Gasteiger partial charge is 0.132 e. The first-order valence-electron chi connectivity index (χ1n) is 5.70. The minimum Gasteiger partial charge on any atom is -0.353 e. The summed E-state index contributed by atoms with van der Waals surface area (Å²) in [5.41, 5.74) is 1.10. The van der Waals surface area contributed by atoms with E-state index in [1.165, 1.54) is 0 Å². The van der Waals surface area contributed by atoms with E-state index in [4.69, 9.17) is 0 Å². The molecule has 90 valence electrons. The highest BCUT2D eigenvalue weighted by molar-refractivity contribution is 9.09. The summed E-state index contributed by atoms with van der Waals surface area (Å²) in [6, 6.07) is 2.54. The minimum absolute atomic E-state index is 0.444. The van der Waals surface area contributed by atoms with E-state index in [1.54, 1.807) is 6.33 Å². The van der Waals surface area contributed by atoms with Gasteiger partial charge in [0.1, 0.15) is 12.1 Å². The Morgan fingerprint density at radius 3 is 2.44 bits per heavy atom. The number of nitrogens with zero attached hydrogens (tertiary/aromatic N) is 3. The summed E-state index contributed by atoms with van der Waals surface area (Å²) in [5.74, 6) is 1.47. The molecule has 0 aliphatic rings. The molecule has 4 heteroatoms. The van der Waals surface area contributed by atoms with E-state index >= 15 is 0 Å². The molecule has 0 aliphatic heterocycles. The van der Waals surface area contributed by atoms with Crippen molar-refractivity contribution in [3.05, 3.63) is 18.1 Å². The maximum absolute atomic E-state index is 4.36. The Morgan fingerprint density at radius 1 is 1.25 bits per heavy atom. The summed E-state index contributed by atoms with van der Waals surface area (Å²) >= 11 is 3.48. The van der Waals surface area contributed by atoms with Crippen molar-refractivity contribution in [2.75, 3.05) is 16.8 Å². The third kappa shape index (κ3) is 3.44. The van der Waals surface area contributed by atoms with E-state index in [0.29, 0.717) is 12.0 Å². The number of rotatable bonds is 5. The summed E-state index contributed by atoms with van der Waals surface area (Å²) in [7, 11) is 0. The fourth-order valence-electron chi connectivity index (χ4n) is 1.56. The molecule has 1 aromatic rings. The average Bonchev–Trinajstić information content (AvgIpc) is 2.25. The van der Waals surface area contributed by atoms with Crippen molar-refractivity contribution in [3.63, 3.8) is 0 Å². The van der Waals surface area contributed by atoms with Gasteiger partial charge >= 0.3 is 0 Å². The molecule has 16 heavy (non-hydrogen) atoms. The van der Waals surface area contributed by atoms with Crippen LogP contribution in [0.3, 0.4) is 0 Å². The first-order chi connectivity index (χ1) is 7.56. The number of aromatic nitrogens is 2. The first kappa shape index (κ1) is 13.4. The molecule has 0 bridgehead atoms. The van der Waals surface area contributed by atoms with Crippen LogP contribution in [-0.4, -0.2) is 27.9 Å². The van der Waals surface area contributed by atoms with Gasteiger partial charge in [0.05, 0.1) is 0 Å². The van der Waals surface area contributed by atoms with Crippen molar-refractivity contribution in [2.24, 2.45) is 0 Å². The van der Waals surface area contributed by atoms with E-state index in [-0.39, 0.29) is 0 Å². The zero-order valence-electron chi connectivity index (χ0n) is 10.4. The van der Waals surface area contributed by atoms with E-state index in [2.05, 4.69) is 64.6 Å². The van der Waals surface area contributed by atoms with Crippen LogP contribution in [0.2, 0.25) is 0 Å². The van der Waals surface area contributed by atoms with E-state index in [0.717, 1.165) is 23.4 Å². The van der Waals surface area contributed by atoms with Crippen LogP contribution < -0.4 is 4.90 Å². The summed E-state index contributed by atoms with van der Waals surface area (Å²) in [4.78, 5) is 10.9. The van der Waals surface area contributed by atoms with Crippen molar-refractivity contribution in [3.8, 4) is 0 Å². The quantitative estimate of drug-likeness (QED) is 0.778. The molecule has 0 amide bonds. The van der Waals surface area contributed by atoms with Crippen LogP contribution in [0.15, 0.2) is 12.4 Å². The summed E-state index contributed by atoms with van der Waals surface area (Å²) in [5, 5.41) is 0.951. The van der Waals surface area contributed by atoms with E-state index in [9.17, 15) is 0 Å². The van der Waals surface area contributed by atoms with Crippen LogP contribution in [0.25, 0.3) is 0 Å². The van der Waals surface area contributed by atoms with Crippen LogP contribution in [0.1, 0.15) is 39.3 Å². The van der Waals surface area contributed by atoms with Gasteiger partial charge in [-0.3, -0.25) is 0 Å². The molecular formula is C12H20BrN3. The first-order valence-corrected chi connectivity index (χ1v) is 6.83. The lowest BCUT2D eigenvalue weighted by molar-refractivity contribution is 0.691. The van der Waals surface area contributed by atoms with Crippen molar-refractivity contribution >= 4 is 21.7 Å². The third-order valence-electron chi connectivity index (χ3n) is 2.51. The molecule has 0 saturated carbocycles. The van der Waals surface area contributed by atoms with Crippen molar-refractivity contribution in [1.29, 1.82) is 0 Å². The fraction of sp³-hybridized carbons (Fsp3) is 0.667. The number of anilines is 1. The number of hydrogen-bond acceptors (Lipinski definition) is 3. The van der Waals surface area contributed by atoms with Gasteiger partial charge in [0.2, 0.25) is 0 Å². The summed E-state index contributed by atoms with van der Waals surface area (Å²) in [6.45, 7) is 9.62. The summed E-state index contributed by atoms with van der Waals surface area (Å²) < 4.78 is 0. The molecule has 0 unspecified atom stereocenters. The Kier molecular flexibility index (Phi) is 5.19. The van der Waals surface area contributed by atoms with Crippen LogP contribution in [0.4, 0.5) is 5.82 Å². The fourth-order valence-corrected chi connectivity index (χ4v) is 1.94. The van der Waals surface area contributed by atoms with Gasteiger partial charge in [-0.1, -0.05) is 29.8 Å². The van der Waals surface area contributed by atoms with Gasteiger partial charge in [-0.25, -0.2) is 9.97 Å². The highest BCUT2D eigenvalue weighted by atomic mass is 79.9. The molecule has 1 heterocycles. The topological polar surface area (TPSA) is 29.0 Å². The highest BCUT2D eigenvalue weighted by Crippen LogP contribution is 2.18. The van der Waals surface area contributed by atoms with Crippen LogP contribution in [-0.2, 0) is 0 Å². The molecule has 0 aromatic carbocycles. The Morgan fingerprint density at radius 2 is 1.94 bits per heavy atom. The molecule has 0 aliphatic carbocycles. The Balaban J connectivity index is 2.95. The van der Waals surface area contributed by atoms with Gasteiger partial charge in [-0.2, -0.15) is 0 Å². The van der Waals surface area contributed by atoms with Gasteiger partial charge in [0.15, 0.2) is 0 Å². The van der Waals surface area contributed by atoms with Gasteiger partial charge in [-0.15, -0.1) is 0 Å². The Labute approximate surface area is 106 Å². The van der Waals surface area contributed by atoms with Crippen molar-refractivity contribution < 1.29 is 0 Å². The molecule has 1 rings (SSSR count). The second-order valence-electron chi connectivity index (χ2n) is 4.43. The predicted molar refractivity (Wildman–Crippen MR) is 72.4 cm³/mol. The molecule has 1 aromatic heterocycles. The van der Waals surface area contributed by atoms with Crippen LogP contribution in [0, 0.1) is 0 Å². The summed E-state index contributed by atoms with van der Waals surface area (Å²) in [6.07, 6.45) is 1.66. The van der Waals surface area contributed by atoms with E-state index < -0.39 is 0 Å². The lowest BCUT2D eigenvalue weighted by Crippen LogP contribution is -2.33. The normalized spacial score (nSPS) is 11.2. The number of alkyl halides is 1. The van der Waals surface area contributed by atoms with Gasteiger partial charge in [0.25, 0.3) is 0 Å². The standard InChI is InChI=1S/C12H20BrN3/c1-9(2)11-7-12(15-8-14-11)16(6-5-13)10(3)4/h7-10H,5-6H2,1-4H3. The molecular weight excluding hydrogens is 266 g/mol. The largest absolute Gasteiger partial charge is 0.353 e. The maximum Gasteiger partial charge on any atom is 0.132 e. The Bertz CT molecular complexity index is 326. The third-order valence-corrected chi connectivity index (χ3v) is 2.86. The second kappa shape index (κ2) is 6.18. The number of halogens is 1. The molecule has 0 fully saturated rings. The zero-order chi connectivity index (χ0) is 12.1. The van der Waals surface area contributed by atoms with Crippen molar-refractivity contribution in [2.45, 2.75) is 39.7 Å². The van der Waals surface area contributed by atoms with Gasteiger partial charge in [0, 0.05) is 29.7 Å². The molecule has 0 atom stereocenters. The second-order valence-corrected chi connectivity index (χ2v) is 5.22. The van der Waals surface area contributed by atoms with Crippen LogP contribution >= 0.6 is 15.9 Å². The van der Waals surface area contributed by atoms with E-state index in [1.807, 2.05) is 0 Å². The highest BCUT2D eigenvalue weighted by Gasteiger charge is 2.12. The van der Waals surface area contributed by atoms with Gasteiger partial charge < -0.3 is 4.90 Å². The predicted octanol–water partition coefficient (Wildman–Crippen LogP) is 3.21.